The lowest BCUT2D eigenvalue weighted by Crippen LogP contribution is -2.32. The zero-order chi connectivity index (χ0) is 19.7. The molecule has 0 radical (unpaired) electrons. The molecule has 0 saturated heterocycles. The third kappa shape index (κ3) is 4.41. The molecule has 0 spiro atoms. The van der Waals surface area contributed by atoms with Gasteiger partial charge in [-0.2, -0.15) is 4.98 Å². The first-order chi connectivity index (χ1) is 12.8. The predicted molar refractivity (Wildman–Crippen MR) is 114 cm³/mol. The van der Waals surface area contributed by atoms with E-state index in [-0.39, 0.29) is 11.1 Å². The van der Waals surface area contributed by atoms with E-state index in [4.69, 9.17) is 11.6 Å². The van der Waals surface area contributed by atoms with E-state index >= 15 is 0 Å². The fraction of sp³-hybridized carbons (Fsp3) is 0.429. The Kier molecular flexibility index (Phi) is 6.02. The number of anilines is 1. The Morgan fingerprint density at radius 3 is 2.19 bits per heavy atom. The molecule has 0 aliphatic rings. The summed E-state index contributed by atoms with van der Waals surface area (Å²) in [4.78, 5) is 13.4. The molecule has 0 fully saturated rings. The maximum absolute atomic E-state index is 13.4. The normalized spacial score (nSPS) is 11.7. The number of nitrogens with zero attached hydrogens (tertiary/aromatic N) is 3. The maximum atomic E-state index is 13.4. The standard InChI is InChI=1S/C21H25ClFN3S/c1-12(2)10-26(11-13(3)4)19-18-17(15-6-8-16(23)9-7-15)14(5)27-20(18)25-21(22)24-19/h6-9,12-13H,10-11H2,1-5H3. The quantitative estimate of drug-likeness (QED) is 0.434. The minimum absolute atomic E-state index is 0.239. The summed E-state index contributed by atoms with van der Waals surface area (Å²) in [7, 11) is 0. The van der Waals surface area contributed by atoms with Crippen LogP contribution in [0.4, 0.5) is 10.2 Å². The van der Waals surface area contributed by atoms with Gasteiger partial charge in [-0.1, -0.05) is 39.8 Å². The van der Waals surface area contributed by atoms with Crippen LogP contribution in [0.3, 0.4) is 0 Å². The molecule has 0 aliphatic heterocycles. The van der Waals surface area contributed by atoms with E-state index < -0.39 is 0 Å². The van der Waals surface area contributed by atoms with Gasteiger partial charge in [-0.3, -0.25) is 0 Å². The Morgan fingerprint density at radius 1 is 1.04 bits per heavy atom. The summed E-state index contributed by atoms with van der Waals surface area (Å²) in [5.41, 5.74) is 2.04. The minimum Gasteiger partial charge on any atom is -0.355 e. The molecule has 0 unspecified atom stereocenters. The second-order valence-corrected chi connectivity index (χ2v) is 9.27. The van der Waals surface area contributed by atoms with Crippen molar-refractivity contribution in [3.63, 3.8) is 0 Å². The average Bonchev–Trinajstić information content (AvgIpc) is 2.89. The predicted octanol–water partition coefficient (Wildman–Crippen LogP) is 6.58. The summed E-state index contributed by atoms with van der Waals surface area (Å²) < 4.78 is 13.4. The highest BCUT2D eigenvalue weighted by atomic mass is 35.5. The van der Waals surface area contributed by atoms with Crippen molar-refractivity contribution in [2.24, 2.45) is 11.8 Å². The zero-order valence-electron chi connectivity index (χ0n) is 16.4. The minimum atomic E-state index is -0.239. The summed E-state index contributed by atoms with van der Waals surface area (Å²) in [5, 5.41) is 1.27. The van der Waals surface area contributed by atoms with Gasteiger partial charge >= 0.3 is 0 Å². The van der Waals surface area contributed by atoms with Gasteiger partial charge in [0.25, 0.3) is 0 Å². The molecular weight excluding hydrogens is 381 g/mol. The second kappa shape index (κ2) is 8.11. The van der Waals surface area contributed by atoms with Crippen molar-refractivity contribution in [3.05, 3.63) is 40.2 Å². The van der Waals surface area contributed by atoms with Crippen molar-refractivity contribution in [1.82, 2.24) is 9.97 Å². The highest BCUT2D eigenvalue weighted by Gasteiger charge is 2.23. The molecular formula is C21H25ClFN3S. The van der Waals surface area contributed by atoms with Crippen LogP contribution in [0.5, 0.6) is 0 Å². The molecule has 144 valence electrons. The van der Waals surface area contributed by atoms with Crippen LogP contribution in [0.15, 0.2) is 24.3 Å². The Hall–Kier alpha value is -1.72. The molecule has 0 atom stereocenters. The number of rotatable bonds is 6. The molecule has 2 heterocycles. The molecule has 0 amide bonds. The molecule has 3 rings (SSSR count). The fourth-order valence-corrected chi connectivity index (χ4v) is 4.64. The van der Waals surface area contributed by atoms with Gasteiger partial charge in [-0.25, -0.2) is 9.37 Å². The molecule has 3 aromatic rings. The van der Waals surface area contributed by atoms with E-state index in [1.54, 1.807) is 11.3 Å². The van der Waals surface area contributed by atoms with Gasteiger partial charge in [-0.05, 0) is 48.1 Å². The van der Waals surface area contributed by atoms with E-state index in [1.165, 1.54) is 12.1 Å². The monoisotopic (exact) mass is 405 g/mol. The summed E-state index contributed by atoms with van der Waals surface area (Å²) in [6.07, 6.45) is 0. The summed E-state index contributed by atoms with van der Waals surface area (Å²) in [6.45, 7) is 12.6. The van der Waals surface area contributed by atoms with Crippen molar-refractivity contribution in [3.8, 4) is 11.1 Å². The van der Waals surface area contributed by atoms with E-state index in [0.29, 0.717) is 11.8 Å². The largest absolute Gasteiger partial charge is 0.355 e. The highest BCUT2D eigenvalue weighted by Crippen LogP contribution is 2.42. The molecule has 27 heavy (non-hydrogen) atoms. The first kappa shape index (κ1) is 20.0. The summed E-state index contributed by atoms with van der Waals surface area (Å²) in [6, 6.07) is 6.62. The molecule has 0 bridgehead atoms. The van der Waals surface area contributed by atoms with Gasteiger partial charge in [0.1, 0.15) is 16.5 Å². The van der Waals surface area contributed by atoms with Crippen LogP contribution in [-0.4, -0.2) is 23.1 Å². The van der Waals surface area contributed by atoms with Gasteiger partial charge in [0.15, 0.2) is 0 Å². The molecule has 0 saturated carbocycles. The number of benzene rings is 1. The molecule has 3 nitrogen and oxygen atoms in total. The Balaban J connectivity index is 2.26. The second-order valence-electron chi connectivity index (χ2n) is 7.73. The highest BCUT2D eigenvalue weighted by molar-refractivity contribution is 7.19. The van der Waals surface area contributed by atoms with E-state index in [2.05, 4.69) is 49.5 Å². The number of halogens is 2. The van der Waals surface area contributed by atoms with Gasteiger partial charge in [0.2, 0.25) is 5.28 Å². The molecule has 6 heteroatoms. The summed E-state index contributed by atoms with van der Waals surface area (Å²) >= 11 is 7.88. The number of aryl methyl sites for hydroxylation is 1. The lowest BCUT2D eigenvalue weighted by molar-refractivity contribution is 0.550. The molecule has 1 aromatic carbocycles. The number of thiophene rings is 1. The van der Waals surface area contributed by atoms with E-state index in [0.717, 1.165) is 45.1 Å². The number of hydrogen-bond acceptors (Lipinski definition) is 4. The number of hydrogen-bond donors (Lipinski definition) is 0. The van der Waals surface area contributed by atoms with Crippen LogP contribution in [0.1, 0.15) is 32.6 Å². The van der Waals surface area contributed by atoms with Crippen molar-refractivity contribution in [2.75, 3.05) is 18.0 Å². The maximum Gasteiger partial charge on any atom is 0.225 e. The Labute approximate surface area is 169 Å². The Bertz CT molecular complexity index is 925. The summed E-state index contributed by atoms with van der Waals surface area (Å²) in [5.74, 6) is 1.61. The third-order valence-corrected chi connectivity index (χ3v) is 5.45. The lowest BCUT2D eigenvalue weighted by Gasteiger charge is -2.28. The molecule has 0 N–H and O–H groups in total. The average molecular weight is 406 g/mol. The number of aromatic nitrogens is 2. The van der Waals surface area contributed by atoms with E-state index in [1.807, 2.05) is 12.1 Å². The fourth-order valence-electron chi connectivity index (χ4n) is 3.39. The van der Waals surface area contributed by atoms with Crippen molar-refractivity contribution >= 4 is 39.0 Å². The lowest BCUT2D eigenvalue weighted by atomic mass is 10.0. The van der Waals surface area contributed by atoms with E-state index in [9.17, 15) is 4.39 Å². The third-order valence-electron chi connectivity index (χ3n) is 4.28. The van der Waals surface area contributed by atoms with Crippen LogP contribution >= 0.6 is 22.9 Å². The first-order valence-corrected chi connectivity index (χ1v) is 10.4. The van der Waals surface area contributed by atoms with Crippen LogP contribution < -0.4 is 4.90 Å². The van der Waals surface area contributed by atoms with Crippen LogP contribution in [0.2, 0.25) is 5.28 Å². The molecule has 2 aromatic heterocycles. The van der Waals surface area contributed by atoms with Gasteiger partial charge in [0.05, 0.1) is 5.39 Å². The number of fused-ring (bicyclic) bond motifs is 1. The van der Waals surface area contributed by atoms with Crippen LogP contribution in [0, 0.1) is 24.6 Å². The van der Waals surface area contributed by atoms with Crippen LogP contribution in [0.25, 0.3) is 21.3 Å². The van der Waals surface area contributed by atoms with Crippen LogP contribution in [-0.2, 0) is 0 Å². The van der Waals surface area contributed by atoms with Gasteiger partial charge < -0.3 is 4.90 Å². The molecule has 0 aliphatic carbocycles. The van der Waals surface area contributed by atoms with Crippen molar-refractivity contribution in [2.45, 2.75) is 34.6 Å². The SMILES string of the molecule is Cc1sc2nc(Cl)nc(N(CC(C)C)CC(C)C)c2c1-c1ccc(F)cc1. The van der Waals surface area contributed by atoms with Gasteiger partial charge in [0, 0.05) is 23.5 Å². The zero-order valence-corrected chi connectivity index (χ0v) is 18.0. The van der Waals surface area contributed by atoms with Crippen molar-refractivity contribution < 1.29 is 4.39 Å². The first-order valence-electron chi connectivity index (χ1n) is 9.23. The Morgan fingerprint density at radius 2 is 1.63 bits per heavy atom. The topological polar surface area (TPSA) is 29.0 Å². The van der Waals surface area contributed by atoms with Gasteiger partial charge in [-0.15, -0.1) is 11.3 Å². The smallest absolute Gasteiger partial charge is 0.225 e. The van der Waals surface area contributed by atoms with Crippen molar-refractivity contribution in [1.29, 1.82) is 0 Å².